The van der Waals surface area contributed by atoms with Gasteiger partial charge in [0, 0.05) is 25.4 Å². The Morgan fingerprint density at radius 2 is 2.12 bits per heavy atom. The van der Waals surface area contributed by atoms with Crippen LogP contribution in [0.2, 0.25) is 0 Å². The van der Waals surface area contributed by atoms with Crippen LogP contribution in [0.4, 0.5) is 0 Å². The van der Waals surface area contributed by atoms with Crippen molar-refractivity contribution in [2.75, 3.05) is 13.1 Å². The zero-order valence-corrected chi connectivity index (χ0v) is 14.0. The van der Waals surface area contributed by atoms with Crippen LogP contribution in [-0.4, -0.2) is 35.3 Å². The Morgan fingerprint density at radius 1 is 1.42 bits per heavy atom. The monoisotopic (exact) mass is 328 g/mol. The van der Waals surface area contributed by atoms with Gasteiger partial charge in [0.15, 0.2) is 0 Å². The van der Waals surface area contributed by atoms with Crippen LogP contribution in [0.3, 0.4) is 0 Å². The second-order valence-electron chi connectivity index (χ2n) is 6.38. The number of nitrogens with two attached hydrogens (primary N) is 1. The van der Waals surface area contributed by atoms with Crippen LogP contribution in [0, 0.1) is 17.2 Å². The highest BCUT2D eigenvalue weighted by molar-refractivity contribution is 5.80. The van der Waals surface area contributed by atoms with E-state index in [1.54, 1.807) is 11.8 Å². The van der Waals surface area contributed by atoms with Crippen molar-refractivity contribution < 1.29 is 9.59 Å². The molecule has 0 saturated carbocycles. The van der Waals surface area contributed by atoms with Crippen LogP contribution in [0.25, 0.3) is 0 Å². The minimum absolute atomic E-state index is 0.114. The number of benzene rings is 1. The highest BCUT2D eigenvalue weighted by atomic mass is 16.2. The molecule has 0 aromatic heterocycles. The van der Waals surface area contributed by atoms with E-state index in [2.05, 4.69) is 11.4 Å². The first-order valence-corrected chi connectivity index (χ1v) is 8.24. The van der Waals surface area contributed by atoms with Crippen LogP contribution in [0.15, 0.2) is 30.3 Å². The molecule has 1 aliphatic rings. The molecule has 0 bridgehead atoms. The summed E-state index contributed by atoms with van der Waals surface area (Å²) < 4.78 is 0. The van der Waals surface area contributed by atoms with Crippen molar-refractivity contribution in [2.45, 2.75) is 38.3 Å². The molecule has 1 aliphatic heterocycles. The number of rotatable bonds is 7. The molecular formula is C18H24N4O2. The fraction of sp³-hybridized carbons (Fsp3) is 0.500. The smallest absolute Gasteiger partial charge is 0.224 e. The van der Waals surface area contributed by atoms with Crippen LogP contribution >= 0.6 is 0 Å². The third-order valence-corrected chi connectivity index (χ3v) is 4.62. The summed E-state index contributed by atoms with van der Waals surface area (Å²) in [6, 6.07) is 12.0. The van der Waals surface area contributed by atoms with Gasteiger partial charge in [0.1, 0.15) is 5.54 Å². The van der Waals surface area contributed by atoms with Gasteiger partial charge in [0.2, 0.25) is 11.8 Å². The van der Waals surface area contributed by atoms with E-state index >= 15 is 0 Å². The van der Waals surface area contributed by atoms with Crippen LogP contribution in [-0.2, 0) is 16.1 Å². The number of nitriles is 1. The maximum Gasteiger partial charge on any atom is 0.224 e. The molecule has 2 rings (SSSR count). The highest BCUT2D eigenvalue weighted by Crippen LogP contribution is 2.26. The van der Waals surface area contributed by atoms with E-state index in [-0.39, 0.29) is 18.2 Å². The second-order valence-corrected chi connectivity index (χ2v) is 6.38. The molecular weight excluding hydrogens is 304 g/mol. The Labute approximate surface area is 142 Å². The van der Waals surface area contributed by atoms with Crippen molar-refractivity contribution in [1.82, 2.24) is 10.2 Å². The van der Waals surface area contributed by atoms with E-state index in [1.807, 2.05) is 30.3 Å². The number of nitrogens with zero attached hydrogens (tertiary/aromatic N) is 2. The molecule has 6 heteroatoms. The van der Waals surface area contributed by atoms with Gasteiger partial charge in [-0.25, -0.2) is 0 Å². The van der Waals surface area contributed by atoms with E-state index in [0.717, 1.165) is 5.56 Å². The summed E-state index contributed by atoms with van der Waals surface area (Å²) in [4.78, 5) is 25.7. The fourth-order valence-corrected chi connectivity index (χ4v) is 2.93. The largest absolute Gasteiger partial charge is 0.369 e. The zero-order valence-electron chi connectivity index (χ0n) is 14.0. The van der Waals surface area contributed by atoms with Gasteiger partial charge >= 0.3 is 0 Å². The van der Waals surface area contributed by atoms with E-state index in [9.17, 15) is 14.9 Å². The van der Waals surface area contributed by atoms with Gasteiger partial charge < -0.3 is 16.0 Å². The zero-order chi connectivity index (χ0) is 17.6. The average Bonchev–Trinajstić information content (AvgIpc) is 3.08. The van der Waals surface area contributed by atoms with Crippen LogP contribution in [0.1, 0.15) is 31.7 Å². The minimum Gasteiger partial charge on any atom is -0.369 e. The van der Waals surface area contributed by atoms with E-state index in [4.69, 9.17) is 5.73 Å². The molecule has 128 valence electrons. The normalized spacial score (nSPS) is 21.0. The molecule has 6 nitrogen and oxygen atoms in total. The molecule has 0 radical (unpaired) electrons. The van der Waals surface area contributed by atoms with Crippen molar-refractivity contribution in [3.05, 3.63) is 35.9 Å². The Bertz CT molecular complexity index is 618. The lowest BCUT2D eigenvalue weighted by Crippen LogP contribution is -2.52. The summed E-state index contributed by atoms with van der Waals surface area (Å²) in [5.41, 5.74) is 5.42. The summed E-state index contributed by atoms with van der Waals surface area (Å²) >= 11 is 0. The van der Waals surface area contributed by atoms with Gasteiger partial charge in [-0.3, -0.25) is 9.59 Å². The number of carbonyl (C=O) groups is 2. The van der Waals surface area contributed by atoms with Gasteiger partial charge in [-0.2, -0.15) is 5.26 Å². The van der Waals surface area contributed by atoms with Gasteiger partial charge in [-0.15, -0.1) is 0 Å². The quantitative estimate of drug-likeness (QED) is 0.785. The maximum atomic E-state index is 12.8. The lowest BCUT2D eigenvalue weighted by atomic mass is 9.95. The molecule has 24 heavy (non-hydrogen) atoms. The Morgan fingerprint density at radius 3 is 2.67 bits per heavy atom. The predicted molar refractivity (Wildman–Crippen MR) is 90.4 cm³/mol. The molecule has 0 aliphatic carbocycles. The third kappa shape index (κ3) is 4.12. The molecule has 1 heterocycles. The molecule has 2 unspecified atom stereocenters. The van der Waals surface area contributed by atoms with Crippen molar-refractivity contribution >= 4 is 11.8 Å². The first kappa shape index (κ1) is 18.0. The minimum atomic E-state index is -0.830. The predicted octanol–water partition coefficient (Wildman–Crippen LogP) is 1.17. The summed E-state index contributed by atoms with van der Waals surface area (Å²) in [6.07, 6.45) is 1.21. The average molecular weight is 328 g/mol. The summed E-state index contributed by atoms with van der Waals surface area (Å²) in [6.45, 7) is 3.28. The number of carbonyl (C=O) groups excluding carboxylic acids is 2. The van der Waals surface area contributed by atoms with Gasteiger partial charge in [-0.1, -0.05) is 37.3 Å². The Balaban J connectivity index is 2.17. The van der Waals surface area contributed by atoms with Gasteiger partial charge in [0.05, 0.1) is 6.07 Å². The number of hydrogen-bond donors (Lipinski definition) is 2. The van der Waals surface area contributed by atoms with E-state index < -0.39 is 11.4 Å². The molecule has 1 aromatic carbocycles. The van der Waals surface area contributed by atoms with E-state index in [0.29, 0.717) is 32.5 Å². The molecule has 0 spiro atoms. The lowest BCUT2D eigenvalue weighted by Gasteiger charge is -2.36. The Kier molecular flexibility index (Phi) is 5.93. The summed E-state index contributed by atoms with van der Waals surface area (Å²) in [5, 5.41) is 12.9. The summed E-state index contributed by atoms with van der Waals surface area (Å²) in [7, 11) is 0. The van der Waals surface area contributed by atoms with Crippen molar-refractivity contribution in [2.24, 2.45) is 11.7 Å². The first-order valence-electron chi connectivity index (χ1n) is 8.24. The molecule has 3 N–H and O–H groups in total. The molecule has 2 amide bonds. The van der Waals surface area contributed by atoms with Crippen molar-refractivity contribution in [3.8, 4) is 6.07 Å². The second kappa shape index (κ2) is 7.93. The molecule has 1 aromatic rings. The van der Waals surface area contributed by atoms with Gasteiger partial charge in [0.25, 0.3) is 0 Å². The number of nitrogens with one attached hydrogen (secondary N) is 1. The molecule has 2 atom stereocenters. The number of hydrogen-bond acceptors (Lipinski definition) is 4. The maximum absolute atomic E-state index is 12.8. The first-order chi connectivity index (χ1) is 11.5. The fourth-order valence-electron chi connectivity index (χ4n) is 2.93. The van der Waals surface area contributed by atoms with E-state index in [1.165, 1.54) is 0 Å². The van der Waals surface area contributed by atoms with Crippen molar-refractivity contribution in [1.29, 1.82) is 5.26 Å². The number of primary amides is 1. The lowest BCUT2D eigenvalue weighted by molar-refractivity contribution is -0.136. The third-order valence-electron chi connectivity index (χ3n) is 4.62. The van der Waals surface area contributed by atoms with Crippen LogP contribution < -0.4 is 11.1 Å². The summed E-state index contributed by atoms with van der Waals surface area (Å²) in [5.74, 6) is -0.876. The number of amides is 2. The SMILES string of the molecule is CC(CCC(=O)N(Cc1ccccc1)C1(C#N)CCNC1)C(N)=O. The topological polar surface area (TPSA) is 99.2 Å². The standard InChI is InChI=1S/C18H24N4O2/c1-14(17(20)24)7-8-16(23)22(11-15-5-3-2-4-6-15)18(12-19)9-10-21-13-18/h2-6,14,21H,7-11,13H2,1H3,(H2,20,24). The van der Waals surface area contributed by atoms with Crippen LogP contribution in [0.5, 0.6) is 0 Å². The highest BCUT2D eigenvalue weighted by Gasteiger charge is 2.42. The van der Waals surface area contributed by atoms with Crippen molar-refractivity contribution in [3.63, 3.8) is 0 Å². The van der Waals surface area contributed by atoms with Gasteiger partial charge in [-0.05, 0) is 24.9 Å². The molecule has 1 saturated heterocycles. The Hall–Kier alpha value is -2.39. The molecule has 1 fully saturated rings.